The molecule has 1 aliphatic rings. The molecule has 0 fully saturated rings. The number of aliphatic imine (C=N–C) groups is 1. The molecule has 0 radical (unpaired) electrons. The van der Waals surface area contributed by atoms with Gasteiger partial charge in [-0.05, 0) is 29.5 Å². The van der Waals surface area contributed by atoms with Crippen LogP contribution in [0.15, 0.2) is 89.9 Å². The molecule has 0 spiro atoms. The lowest BCUT2D eigenvalue weighted by Gasteiger charge is -2.32. The fourth-order valence-corrected chi connectivity index (χ4v) is 5.98. The Balaban J connectivity index is 1.83. The average Bonchev–Trinajstić information content (AvgIpc) is 3.16. The van der Waals surface area contributed by atoms with Gasteiger partial charge in [-0.25, -0.2) is 0 Å². The highest BCUT2D eigenvalue weighted by atomic mass is 32.2. The van der Waals surface area contributed by atoms with E-state index >= 15 is 0 Å². The van der Waals surface area contributed by atoms with E-state index < -0.39 is 0 Å². The van der Waals surface area contributed by atoms with Crippen LogP contribution in [-0.4, -0.2) is 16.2 Å². The normalized spacial score (nSPS) is 21.3. The van der Waals surface area contributed by atoms with Crippen molar-refractivity contribution in [2.75, 3.05) is 6.26 Å². The number of benzene rings is 3. The molecule has 0 amide bonds. The van der Waals surface area contributed by atoms with Gasteiger partial charge in [0.2, 0.25) is 0 Å². The second kappa shape index (κ2) is 7.81. The van der Waals surface area contributed by atoms with E-state index in [1.807, 2.05) is 48.5 Å². The van der Waals surface area contributed by atoms with Crippen molar-refractivity contribution >= 4 is 34.3 Å². The number of hydrogen-bond donors (Lipinski definition) is 0. The molecule has 0 saturated carbocycles. The summed E-state index contributed by atoms with van der Waals surface area (Å²) in [6.45, 7) is 0. The number of nitrogens with zero attached hydrogens (tertiary/aromatic N) is 2. The van der Waals surface area contributed by atoms with Gasteiger partial charge in [0.15, 0.2) is 0 Å². The van der Waals surface area contributed by atoms with Crippen LogP contribution in [0.4, 0.5) is 5.69 Å². The van der Waals surface area contributed by atoms with Gasteiger partial charge in [-0.15, -0.1) is 11.8 Å². The van der Waals surface area contributed by atoms with E-state index in [9.17, 15) is 10.1 Å². The molecule has 1 heterocycles. The van der Waals surface area contributed by atoms with E-state index in [1.54, 1.807) is 35.7 Å². The smallest absolute Gasteiger partial charge is 0.267 e. The van der Waals surface area contributed by atoms with E-state index in [0.717, 1.165) is 16.2 Å². The molecular formula is C22H18N2O2S2. The summed E-state index contributed by atoms with van der Waals surface area (Å²) in [4.78, 5) is 15.8. The van der Waals surface area contributed by atoms with Crippen LogP contribution in [0.1, 0.15) is 22.7 Å². The van der Waals surface area contributed by atoms with E-state index in [0.29, 0.717) is 0 Å². The number of nitro groups is 1. The van der Waals surface area contributed by atoms with Crippen LogP contribution in [0.2, 0.25) is 0 Å². The zero-order chi connectivity index (χ0) is 19.6. The Morgan fingerprint density at radius 3 is 2.14 bits per heavy atom. The van der Waals surface area contributed by atoms with E-state index in [4.69, 9.17) is 4.99 Å². The number of thioether (sulfide) groups is 2. The molecule has 6 heteroatoms. The fourth-order valence-electron chi connectivity index (χ4n) is 3.37. The first-order valence-corrected chi connectivity index (χ1v) is 10.9. The first-order chi connectivity index (χ1) is 13.6. The maximum atomic E-state index is 11.0. The highest BCUT2D eigenvalue weighted by molar-refractivity contribution is 8.25. The van der Waals surface area contributed by atoms with Gasteiger partial charge in [0, 0.05) is 17.7 Å². The third kappa shape index (κ3) is 3.34. The Morgan fingerprint density at radius 1 is 0.964 bits per heavy atom. The SMILES string of the molecule is CSC1(c2ccccc2)SC(c2ccccc2)=NC1c1ccc([N+](=O)[O-])cc1. The van der Waals surface area contributed by atoms with E-state index in [2.05, 4.69) is 30.5 Å². The van der Waals surface area contributed by atoms with Crippen LogP contribution >= 0.6 is 23.5 Å². The molecule has 3 aromatic carbocycles. The number of nitro benzene ring substituents is 1. The lowest BCUT2D eigenvalue weighted by atomic mass is 9.97. The van der Waals surface area contributed by atoms with Gasteiger partial charge in [-0.1, -0.05) is 72.4 Å². The molecule has 2 unspecified atom stereocenters. The molecule has 0 aromatic heterocycles. The highest BCUT2D eigenvalue weighted by Gasteiger charge is 2.47. The number of hydrogen-bond acceptors (Lipinski definition) is 5. The first kappa shape index (κ1) is 18.8. The lowest BCUT2D eigenvalue weighted by molar-refractivity contribution is -0.384. The van der Waals surface area contributed by atoms with Crippen molar-refractivity contribution in [3.63, 3.8) is 0 Å². The summed E-state index contributed by atoms with van der Waals surface area (Å²) < 4.78 is -0.331. The third-order valence-corrected chi connectivity index (χ3v) is 7.89. The van der Waals surface area contributed by atoms with Crippen LogP contribution in [0, 0.1) is 10.1 Å². The summed E-state index contributed by atoms with van der Waals surface area (Å²) in [6.07, 6.45) is 2.10. The van der Waals surface area contributed by atoms with E-state index in [1.165, 1.54) is 5.56 Å². The zero-order valence-corrected chi connectivity index (χ0v) is 16.8. The van der Waals surface area contributed by atoms with Crippen molar-refractivity contribution < 1.29 is 4.92 Å². The minimum Gasteiger partial charge on any atom is -0.267 e. The van der Waals surface area contributed by atoms with Crippen LogP contribution in [0.25, 0.3) is 0 Å². The number of non-ortho nitro benzene ring substituents is 1. The van der Waals surface area contributed by atoms with Crippen LogP contribution < -0.4 is 0 Å². The Bertz CT molecular complexity index is 1010. The maximum Gasteiger partial charge on any atom is 0.269 e. The molecule has 0 saturated heterocycles. The number of rotatable bonds is 5. The predicted octanol–water partition coefficient (Wildman–Crippen LogP) is 6.05. The quantitative estimate of drug-likeness (QED) is 0.382. The van der Waals surface area contributed by atoms with E-state index in [-0.39, 0.29) is 20.7 Å². The molecule has 0 aliphatic carbocycles. The summed E-state index contributed by atoms with van der Waals surface area (Å²) in [7, 11) is 0. The zero-order valence-electron chi connectivity index (χ0n) is 15.2. The Kier molecular flexibility index (Phi) is 5.24. The monoisotopic (exact) mass is 406 g/mol. The fraction of sp³-hybridized carbons (Fsp3) is 0.136. The van der Waals surface area contributed by atoms with Gasteiger partial charge in [-0.3, -0.25) is 15.1 Å². The third-order valence-electron chi connectivity index (χ3n) is 4.77. The molecule has 0 bridgehead atoms. The molecule has 0 N–H and O–H groups in total. The largest absolute Gasteiger partial charge is 0.269 e. The molecule has 3 aromatic rings. The van der Waals surface area contributed by atoms with Crippen molar-refractivity contribution in [2.45, 2.75) is 10.1 Å². The van der Waals surface area contributed by atoms with Gasteiger partial charge < -0.3 is 0 Å². The summed E-state index contributed by atoms with van der Waals surface area (Å²) in [5, 5.41) is 12.0. The topological polar surface area (TPSA) is 55.5 Å². The Labute approximate surface area is 172 Å². The summed E-state index contributed by atoms with van der Waals surface area (Å²) in [5.74, 6) is 0. The van der Waals surface area contributed by atoms with Crippen LogP contribution in [0.3, 0.4) is 0 Å². The summed E-state index contributed by atoms with van der Waals surface area (Å²) >= 11 is 3.52. The van der Waals surface area contributed by atoms with Gasteiger partial charge in [0.25, 0.3) is 5.69 Å². The van der Waals surface area contributed by atoms with Crippen LogP contribution in [0.5, 0.6) is 0 Å². The van der Waals surface area contributed by atoms with Crippen molar-refractivity contribution in [1.82, 2.24) is 0 Å². The highest BCUT2D eigenvalue weighted by Crippen LogP contribution is 2.60. The lowest BCUT2D eigenvalue weighted by Crippen LogP contribution is -2.22. The maximum absolute atomic E-state index is 11.0. The summed E-state index contributed by atoms with van der Waals surface area (Å²) in [5.41, 5.74) is 3.34. The van der Waals surface area contributed by atoms with Crippen molar-refractivity contribution in [3.8, 4) is 0 Å². The Hall–Kier alpha value is -2.57. The molecule has 4 nitrogen and oxygen atoms in total. The van der Waals surface area contributed by atoms with Gasteiger partial charge in [-0.2, -0.15) is 0 Å². The standard InChI is InChI=1S/C22H18N2O2S2/c1-27-22(18-10-6-3-7-11-18)20(16-12-14-19(15-13-16)24(25)26)23-21(28-22)17-8-4-2-5-9-17/h2-15,20H,1H3. The Morgan fingerprint density at radius 2 is 1.57 bits per heavy atom. The molecule has 4 rings (SSSR count). The van der Waals surface area contributed by atoms with Gasteiger partial charge >= 0.3 is 0 Å². The minimum absolute atomic E-state index is 0.0936. The van der Waals surface area contributed by atoms with Crippen LogP contribution in [-0.2, 0) is 4.08 Å². The molecule has 1 aliphatic heterocycles. The molecule has 2 atom stereocenters. The second-order valence-electron chi connectivity index (χ2n) is 6.39. The van der Waals surface area contributed by atoms with Crippen molar-refractivity contribution in [3.05, 3.63) is 112 Å². The molecule has 28 heavy (non-hydrogen) atoms. The average molecular weight is 407 g/mol. The predicted molar refractivity (Wildman–Crippen MR) is 118 cm³/mol. The summed E-state index contributed by atoms with van der Waals surface area (Å²) in [6, 6.07) is 27.2. The minimum atomic E-state index is -0.370. The molecular weight excluding hydrogens is 388 g/mol. The second-order valence-corrected chi connectivity index (χ2v) is 8.94. The van der Waals surface area contributed by atoms with Gasteiger partial charge in [0.05, 0.1) is 4.92 Å². The molecule has 140 valence electrons. The van der Waals surface area contributed by atoms with Gasteiger partial charge in [0.1, 0.15) is 15.2 Å². The van der Waals surface area contributed by atoms with Crippen molar-refractivity contribution in [1.29, 1.82) is 0 Å². The van der Waals surface area contributed by atoms with Crippen molar-refractivity contribution in [2.24, 2.45) is 4.99 Å². The first-order valence-electron chi connectivity index (χ1n) is 8.81.